The third-order valence-electron chi connectivity index (χ3n) is 4.30. The maximum absolute atomic E-state index is 12.4. The van der Waals surface area contributed by atoms with Gasteiger partial charge in [-0.1, -0.05) is 24.3 Å². The van der Waals surface area contributed by atoms with E-state index in [4.69, 9.17) is 0 Å². The molecule has 0 aromatic heterocycles. The first-order valence-electron chi connectivity index (χ1n) is 10.1. The molecule has 172 valence electrons. The zero-order valence-electron chi connectivity index (χ0n) is 18.2. The smallest absolute Gasteiger partial charge is 0.292 e. The van der Waals surface area contributed by atoms with E-state index in [1.165, 1.54) is 38.1 Å². The highest BCUT2D eigenvalue weighted by molar-refractivity contribution is 6.44. The van der Waals surface area contributed by atoms with Crippen molar-refractivity contribution in [2.45, 2.75) is 20.3 Å². The summed E-state index contributed by atoms with van der Waals surface area (Å²) in [5.41, 5.74) is 0.579. The predicted octanol–water partition coefficient (Wildman–Crippen LogP) is 1.29. The summed E-state index contributed by atoms with van der Waals surface area (Å²) in [6, 6.07) is 12.3. The summed E-state index contributed by atoms with van der Waals surface area (Å²) >= 11 is 0. The molecule has 2 aromatic rings. The lowest BCUT2D eigenvalue weighted by molar-refractivity contribution is -0.117. The van der Waals surface area contributed by atoms with Crippen LogP contribution in [0.3, 0.4) is 0 Å². The number of hydrogen-bond donors (Lipinski definition) is 4. The van der Waals surface area contributed by atoms with E-state index in [-0.39, 0.29) is 53.8 Å². The van der Waals surface area contributed by atoms with Crippen molar-refractivity contribution in [1.29, 1.82) is 0 Å². The van der Waals surface area contributed by atoms with E-state index in [2.05, 4.69) is 21.3 Å². The number of anilines is 2. The first kappa shape index (κ1) is 24.9. The lowest BCUT2D eigenvalue weighted by atomic mass is 10.1. The minimum absolute atomic E-state index is 0.0573. The van der Waals surface area contributed by atoms with E-state index in [1.54, 1.807) is 24.3 Å². The Morgan fingerprint density at radius 2 is 0.970 bits per heavy atom. The normalized spacial score (nSPS) is 10.0. The number of rotatable bonds is 10. The number of amides is 4. The number of carbonyl (C=O) groups excluding carboxylic acids is 6. The molecule has 0 aliphatic rings. The summed E-state index contributed by atoms with van der Waals surface area (Å²) in [6.07, 6.45) is 0.263. The quantitative estimate of drug-likeness (QED) is 0.242. The number of para-hydroxylation sites is 2. The molecule has 0 aliphatic heterocycles. The Labute approximate surface area is 190 Å². The molecular weight excluding hydrogens is 428 g/mol. The van der Waals surface area contributed by atoms with Gasteiger partial charge in [0.2, 0.25) is 11.8 Å². The molecule has 10 heteroatoms. The minimum atomic E-state index is -0.862. The Balaban J connectivity index is 1.83. The molecule has 2 aromatic carbocycles. The largest absolute Gasteiger partial charge is 0.349 e. The van der Waals surface area contributed by atoms with Crippen molar-refractivity contribution >= 4 is 46.6 Å². The Bertz CT molecular complexity index is 1010. The van der Waals surface area contributed by atoms with Gasteiger partial charge in [0.05, 0.1) is 22.5 Å². The predicted molar refractivity (Wildman–Crippen MR) is 121 cm³/mol. The van der Waals surface area contributed by atoms with E-state index in [9.17, 15) is 28.8 Å². The van der Waals surface area contributed by atoms with Crippen LogP contribution in [0.4, 0.5) is 11.4 Å². The fourth-order valence-corrected chi connectivity index (χ4v) is 2.86. The Kier molecular flexibility index (Phi) is 8.98. The van der Waals surface area contributed by atoms with Gasteiger partial charge in [0.25, 0.3) is 23.4 Å². The zero-order valence-corrected chi connectivity index (χ0v) is 18.2. The third-order valence-corrected chi connectivity index (χ3v) is 4.30. The minimum Gasteiger partial charge on any atom is -0.349 e. The van der Waals surface area contributed by atoms with Crippen LogP contribution in [0.15, 0.2) is 48.5 Å². The maximum atomic E-state index is 12.4. The second-order valence-electron chi connectivity index (χ2n) is 6.98. The summed E-state index contributed by atoms with van der Waals surface area (Å²) in [4.78, 5) is 71.5. The fraction of sp³-hybridized carbons (Fsp3) is 0.217. The molecule has 0 atom stereocenters. The molecule has 0 radical (unpaired) electrons. The first-order chi connectivity index (χ1) is 15.7. The molecule has 0 saturated heterocycles. The summed E-state index contributed by atoms with van der Waals surface area (Å²) < 4.78 is 0. The highest BCUT2D eigenvalue weighted by atomic mass is 16.2. The van der Waals surface area contributed by atoms with Gasteiger partial charge in [-0.15, -0.1) is 0 Å². The van der Waals surface area contributed by atoms with Gasteiger partial charge in [-0.05, 0) is 30.7 Å². The number of carbonyl (C=O) groups is 6. The van der Waals surface area contributed by atoms with Crippen LogP contribution in [0.5, 0.6) is 0 Å². The SMILES string of the molecule is CC(=O)Nc1ccccc1C(=O)C(=O)NCCCNC(=O)C(=O)c1ccccc1NC(C)=O. The van der Waals surface area contributed by atoms with Gasteiger partial charge in [-0.2, -0.15) is 0 Å². The molecule has 0 bridgehead atoms. The van der Waals surface area contributed by atoms with Crippen LogP contribution in [-0.4, -0.2) is 48.3 Å². The average molecular weight is 452 g/mol. The monoisotopic (exact) mass is 452 g/mol. The summed E-state index contributed by atoms with van der Waals surface area (Å²) in [7, 11) is 0. The van der Waals surface area contributed by atoms with Crippen LogP contribution in [-0.2, 0) is 19.2 Å². The van der Waals surface area contributed by atoms with E-state index in [1.807, 2.05) is 0 Å². The van der Waals surface area contributed by atoms with E-state index in [0.717, 1.165) is 0 Å². The molecule has 0 spiro atoms. The molecule has 0 unspecified atom stereocenters. The maximum Gasteiger partial charge on any atom is 0.292 e. The lowest BCUT2D eigenvalue weighted by Crippen LogP contribution is -2.36. The number of hydrogen-bond acceptors (Lipinski definition) is 6. The van der Waals surface area contributed by atoms with Crippen LogP contribution in [0.1, 0.15) is 41.0 Å². The van der Waals surface area contributed by atoms with Gasteiger partial charge >= 0.3 is 0 Å². The van der Waals surface area contributed by atoms with Gasteiger partial charge in [0, 0.05) is 26.9 Å². The number of nitrogens with one attached hydrogen (secondary N) is 4. The van der Waals surface area contributed by atoms with E-state index in [0.29, 0.717) is 0 Å². The van der Waals surface area contributed by atoms with Crippen molar-refractivity contribution in [3.8, 4) is 0 Å². The highest BCUT2D eigenvalue weighted by Crippen LogP contribution is 2.16. The summed E-state index contributed by atoms with van der Waals surface area (Å²) in [5, 5.41) is 9.87. The Hall–Kier alpha value is -4.34. The molecule has 0 saturated carbocycles. The zero-order chi connectivity index (χ0) is 24.4. The molecule has 0 heterocycles. The number of benzene rings is 2. The number of Topliss-reactive ketones (excluding diaryl/α,β-unsaturated/α-hetero) is 2. The van der Waals surface area contributed by atoms with Crippen LogP contribution < -0.4 is 21.3 Å². The van der Waals surface area contributed by atoms with Crippen molar-refractivity contribution in [3.05, 3.63) is 59.7 Å². The molecule has 10 nitrogen and oxygen atoms in total. The van der Waals surface area contributed by atoms with Crippen molar-refractivity contribution in [2.75, 3.05) is 23.7 Å². The first-order valence-corrected chi connectivity index (χ1v) is 10.1. The molecule has 2 rings (SSSR count). The molecule has 33 heavy (non-hydrogen) atoms. The van der Waals surface area contributed by atoms with Crippen molar-refractivity contribution in [3.63, 3.8) is 0 Å². The van der Waals surface area contributed by atoms with Gasteiger partial charge in [-0.25, -0.2) is 0 Å². The second kappa shape index (κ2) is 11.9. The van der Waals surface area contributed by atoms with Gasteiger partial charge in [-0.3, -0.25) is 28.8 Å². The van der Waals surface area contributed by atoms with E-state index >= 15 is 0 Å². The second-order valence-corrected chi connectivity index (χ2v) is 6.98. The highest BCUT2D eigenvalue weighted by Gasteiger charge is 2.21. The van der Waals surface area contributed by atoms with Crippen molar-refractivity contribution < 1.29 is 28.8 Å². The van der Waals surface area contributed by atoms with Crippen LogP contribution in [0, 0.1) is 0 Å². The topological polar surface area (TPSA) is 151 Å². The van der Waals surface area contributed by atoms with E-state index < -0.39 is 23.4 Å². The summed E-state index contributed by atoms with van der Waals surface area (Å²) in [6.45, 7) is 2.73. The molecule has 4 N–H and O–H groups in total. The van der Waals surface area contributed by atoms with Crippen molar-refractivity contribution in [1.82, 2.24) is 10.6 Å². The van der Waals surface area contributed by atoms with Crippen LogP contribution in [0.2, 0.25) is 0 Å². The standard InChI is InChI=1S/C23H24N4O6/c1-14(28)26-18-10-5-3-8-16(18)20(30)22(32)24-12-7-13-25-23(33)21(31)17-9-4-6-11-19(17)27-15(2)29/h3-6,8-11H,7,12-13H2,1-2H3,(H,24,32)(H,25,33)(H,26,28)(H,27,29). The Morgan fingerprint density at radius 3 is 1.33 bits per heavy atom. The Morgan fingerprint density at radius 1 is 0.606 bits per heavy atom. The lowest BCUT2D eigenvalue weighted by Gasteiger charge is -2.10. The average Bonchev–Trinajstić information content (AvgIpc) is 2.77. The third kappa shape index (κ3) is 7.39. The van der Waals surface area contributed by atoms with Crippen LogP contribution in [0.25, 0.3) is 0 Å². The molecule has 0 fully saturated rings. The van der Waals surface area contributed by atoms with Crippen LogP contribution >= 0.6 is 0 Å². The molecule has 4 amide bonds. The van der Waals surface area contributed by atoms with Gasteiger partial charge in [0.1, 0.15) is 0 Å². The van der Waals surface area contributed by atoms with Gasteiger partial charge in [0.15, 0.2) is 0 Å². The molecular formula is C23H24N4O6. The number of ketones is 2. The van der Waals surface area contributed by atoms with Gasteiger partial charge < -0.3 is 21.3 Å². The van der Waals surface area contributed by atoms with Crippen molar-refractivity contribution in [2.24, 2.45) is 0 Å². The molecule has 0 aliphatic carbocycles. The summed E-state index contributed by atoms with van der Waals surface area (Å²) in [5.74, 6) is -4.10. The fourth-order valence-electron chi connectivity index (χ4n) is 2.86.